The number of rotatable bonds is 1. The molecule has 0 bridgehead atoms. The van der Waals surface area contributed by atoms with Crippen molar-refractivity contribution < 1.29 is 0 Å². The van der Waals surface area contributed by atoms with Crippen LogP contribution in [0.25, 0.3) is 0 Å². The first-order valence-corrected chi connectivity index (χ1v) is 6.06. The number of hydrogen-bond acceptors (Lipinski definition) is 5. The van der Waals surface area contributed by atoms with Crippen molar-refractivity contribution in [3.8, 4) is 0 Å². The van der Waals surface area contributed by atoms with Crippen molar-refractivity contribution in [1.82, 2.24) is 15.3 Å². The molecule has 2 aliphatic rings. The number of amidine groups is 1. The number of nitrogens with two attached hydrogens (primary N) is 1. The highest BCUT2D eigenvalue weighted by atomic mass is 15.5. The zero-order valence-corrected chi connectivity index (χ0v) is 10.8. The molecule has 1 atom stereocenters. The van der Waals surface area contributed by atoms with Crippen LogP contribution in [-0.2, 0) is 0 Å². The highest BCUT2D eigenvalue weighted by Gasteiger charge is 2.25. The molecule has 94 valence electrons. The van der Waals surface area contributed by atoms with Gasteiger partial charge in [-0.05, 0) is 26.3 Å². The van der Waals surface area contributed by atoms with Crippen LogP contribution in [0.4, 0.5) is 0 Å². The molecular weight excluding hydrogens is 214 g/mol. The van der Waals surface area contributed by atoms with E-state index in [2.05, 4.69) is 23.4 Å². The Hall–Kier alpha value is -1.33. The SMILES string of the molecule is CC=C1N=C(N2CCC(N)C2)C(C)=CN1NC. The van der Waals surface area contributed by atoms with Gasteiger partial charge in [0.25, 0.3) is 0 Å². The second kappa shape index (κ2) is 4.89. The van der Waals surface area contributed by atoms with E-state index in [0.717, 1.165) is 31.2 Å². The van der Waals surface area contributed by atoms with Gasteiger partial charge in [-0.3, -0.25) is 5.01 Å². The van der Waals surface area contributed by atoms with E-state index in [9.17, 15) is 0 Å². The first-order valence-electron chi connectivity index (χ1n) is 6.06. The van der Waals surface area contributed by atoms with Gasteiger partial charge in [0.05, 0.1) is 0 Å². The first kappa shape index (κ1) is 12.1. The van der Waals surface area contributed by atoms with Crippen molar-refractivity contribution in [3.63, 3.8) is 0 Å². The molecule has 0 amide bonds. The monoisotopic (exact) mass is 235 g/mol. The summed E-state index contributed by atoms with van der Waals surface area (Å²) in [6, 6.07) is 0.280. The van der Waals surface area contributed by atoms with Gasteiger partial charge < -0.3 is 10.6 Å². The molecule has 5 heteroatoms. The summed E-state index contributed by atoms with van der Waals surface area (Å²) in [6.45, 7) is 5.98. The van der Waals surface area contributed by atoms with E-state index in [4.69, 9.17) is 10.7 Å². The summed E-state index contributed by atoms with van der Waals surface area (Å²) in [4.78, 5) is 6.96. The topological polar surface area (TPSA) is 56.9 Å². The predicted octanol–water partition coefficient (Wildman–Crippen LogP) is 0.633. The van der Waals surface area contributed by atoms with Crippen LogP contribution in [0.15, 0.2) is 28.7 Å². The molecule has 2 aliphatic heterocycles. The molecule has 0 radical (unpaired) electrons. The van der Waals surface area contributed by atoms with E-state index in [1.165, 1.54) is 5.57 Å². The normalized spacial score (nSPS) is 27.5. The minimum atomic E-state index is 0.280. The smallest absolute Gasteiger partial charge is 0.145 e. The van der Waals surface area contributed by atoms with Gasteiger partial charge in [0.1, 0.15) is 11.7 Å². The molecule has 1 fully saturated rings. The highest BCUT2D eigenvalue weighted by molar-refractivity contribution is 5.99. The third-order valence-corrected chi connectivity index (χ3v) is 3.17. The average Bonchev–Trinajstić information content (AvgIpc) is 2.75. The van der Waals surface area contributed by atoms with Crippen molar-refractivity contribution in [2.24, 2.45) is 10.7 Å². The van der Waals surface area contributed by atoms with Gasteiger partial charge in [0.15, 0.2) is 0 Å². The van der Waals surface area contributed by atoms with Crippen LogP contribution in [0.2, 0.25) is 0 Å². The molecule has 3 N–H and O–H groups in total. The molecule has 2 rings (SSSR count). The average molecular weight is 235 g/mol. The zero-order valence-electron chi connectivity index (χ0n) is 10.8. The van der Waals surface area contributed by atoms with Gasteiger partial charge in [-0.25, -0.2) is 10.4 Å². The summed E-state index contributed by atoms with van der Waals surface area (Å²) in [6.07, 6.45) is 5.12. The van der Waals surface area contributed by atoms with E-state index in [1.807, 2.05) is 25.1 Å². The highest BCUT2D eigenvalue weighted by Crippen LogP contribution is 2.20. The van der Waals surface area contributed by atoms with Crippen molar-refractivity contribution in [3.05, 3.63) is 23.7 Å². The van der Waals surface area contributed by atoms with E-state index >= 15 is 0 Å². The maximum atomic E-state index is 5.94. The van der Waals surface area contributed by atoms with Gasteiger partial charge in [0.2, 0.25) is 0 Å². The Morgan fingerprint density at radius 3 is 2.88 bits per heavy atom. The second-order valence-corrected chi connectivity index (χ2v) is 4.48. The number of allylic oxidation sites excluding steroid dienone is 1. The fourth-order valence-electron chi connectivity index (χ4n) is 2.25. The van der Waals surface area contributed by atoms with E-state index in [-0.39, 0.29) is 6.04 Å². The lowest BCUT2D eigenvalue weighted by Gasteiger charge is -2.29. The van der Waals surface area contributed by atoms with E-state index < -0.39 is 0 Å². The third kappa shape index (κ3) is 2.35. The Morgan fingerprint density at radius 1 is 1.59 bits per heavy atom. The fraction of sp³-hybridized carbons (Fsp3) is 0.583. The Balaban J connectivity index is 2.23. The maximum absolute atomic E-state index is 5.94. The number of nitrogens with zero attached hydrogens (tertiary/aromatic N) is 3. The van der Waals surface area contributed by atoms with Crippen LogP contribution >= 0.6 is 0 Å². The van der Waals surface area contributed by atoms with Crippen LogP contribution in [-0.4, -0.2) is 41.9 Å². The molecule has 0 saturated carbocycles. The summed E-state index contributed by atoms with van der Waals surface area (Å²) in [7, 11) is 1.89. The molecule has 2 heterocycles. The number of likely N-dealkylation sites (tertiary alicyclic amines) is 1. The molecule has 0 aromatic carbocycles. The lowest BCUT2D eigenvalue weighted by Crippen LogP contribution is -2.38. The standard InChI is InChI=1S/C12H21N5/c1-4-11-15-12(9(2)7-17(11)14-3)16-6-5-10(13)8-16/h4,7,10,14H,5-6,8,13H2,1-3H3. The lowest BCUT2D eigenvalue weighted by atomic mass is 10.2. The Labute approximate surface area is 103 Å². The molecule has 0 aliphatic carbocycles. The number of hydrogen-bond donors (Lipinski definition) is 2. The third-order valence-electron chi connectivity index (χ3n) is 3.17. The number of nitrogens with one attached hydrogen (secondary N) is 1. The second-order valence-electron chi connectivity index (χ2n) is 4.48. The lowest BCUT2D eigenvalue weighted by molar-refractivity contribution is 0.359. The van der Waals surface area contributed by atoms with E-state index in [1.54, 1.807) is 0 Å². The predicted molar refractivity (Wildman–Crippen MR) is 70.0 cm³/mol. The van der Waals surface area contributed by atoms with Gasteiger partial charge >= 0.3 is 0 Å². The Morgan fingerprint density at radius 2 is 2.35 bits per heavy atom. The molecule has 1 unspecified atom stereocenters. The van der Waals surface area contributed by atoms with Gasteiger partial charge in [0, 0.05) is 38.0 Å². The van der Waals surface area contributed by atoms with Crippen LogP contribution in [0.1, 0.15) is 20.3 Å². The van der Waals surface area contributed by atoms with Crippen LogP contribution < -0.4 is 11.2 Å². The molecule has 0 spiro atoms. The number of aliphatic imine (C=N–C) groups is 1. The Bertz CT molecular complexity index is 382. The molecule has 17 heavy (non-hydrogen) atoms. The molecule has 0 aromatic heterocycles. The number of hydrazine groups is 1. The van der Waals surface area contributed by atoms with Crippen molar-refractivity contribution in [1.29, 1.82) is 0 Å². The minimum absolute atomic E-state index is 0.280. The van der Waals surface area contributed by atoms with Crippen LogP contribution in [0.3, 0.4) is 0 Å². The Kier molecular flexibility index (Phi) is 3.49. The fourth-order valence-corrected chi connectivity index (χ4v) is 2.25. The summed E-state index contributed by atoms with van der Waals surface area (Å²) >= 11 is 0. The zero-order chi connectivity index (χ0) is 12.4. The summed E-state index contributed by atoms with van der Waals surface area (Å²) in [5.74, 6) is 1.98. The first-order chi connectivity index (χ1) is 8.15. The van der Waals surface area contributed by atoms with Crippen molar-refractivity contribution >= 4 is 5.84 Å². The van der Waals surface area contributed by atoms with E-state index in [0.29, 0.717) is 0 Å². The van der Waals surface area contributed by atoms with Gasteiger partial charge in [-0.1, -0.05) is 0 Å². The van der Waals surface area contributed by atoms with Crippen LogP contribution in [0.5, 0.6) is 0 Å². The summed E-state index contributed by atoms with van der Waals surface area (Å²) in [5, 5.41) is 1.93. The largest absolute Gasteiger partial charge is 0.355 e. The van der Waals surface area contributed by atoms with Crippen LogP contribution in [0, 0.1) is 0 Å². The molecule has 1 saturated heterocycles. The summed E-state index contributed by atoms with van der Waals surface area (Å²) in [5.41, 5.74) is 10.2. The van der Waals surface area contributed by atoms with Gasteiger partial charge in [-0.2, -0.15) is 0 Å². The summed E-state index contributed by atoms with van der Waals surface area (Å²) < 4.78 is 0. The van der Waals surface area contributed by atoms with Crippen molar-refractivity contribution in [2.45, 2.75) is 26.3 Å². The van der Waals surface area contributed by atoms with Crippen molar-refractivity contribution in [2.75, 3.05) is 20.1 Å². The minimum Gasteiger partial charge on any atom is -0.355 e. The maximum Gasteiger partial charge on any atom is 0.145 e. The quantitative estimate of drug-likeness (QED) is 0.700. The molecule has 0 aromatic rings. The molecule has 5 nitrogen and oxygen atoms in total. The van der Waals surface area contributed by atoms with Gasteiger partial charge in [-0.15, -0.1) is 0 Å². The molecular formula is C12H21N5.